The summed E-state index contributed by atoms with van der Waals surface area (Å²) in [4.78, 5) is 16.2. The van der Waals surface area contributed by atoms with Gasteiger partial charge in [-0.1, -0.05) is 0 Å². The third kappa shape index (κ3) is 3.11. The second-order valence-electron chi connectivity index (χ2n) is 5.47. The van der Waals surface area contributed by atoms with Gasteiger partial charge in [0.2, 0.25) is 0 Å². The molecule has 2 N–H and O–H groups in total. The lowest BCUT2D eigenvalue weighted by Crippen LogP contribution is -2.28. The van der Waals surface area contributed by atoms with Crippen LogP contribution in [0.25, 0.3) is 0 Å². The van der Waals surface area contributed by atoms with E-state index >= 15 is 0 Å². The molecular formula is C15H21N5O. The molecule has 0 radical (unpaired) electrons. The fraction of sp³-hybridized carbons (Fsp3) is 0.533. The molecule has 3 atom stereocenters. The lowest BCUT2D eigenvalue weighted by atomic mass is 10.0. The predicted octanol–water partition coefficient (Wildman–Crippen LogP) is 1.94. The van der Waals surface area contributed by atoms with Gasteiger partial charge in [0.1, 0.15) is 11.9 Å². The van der Waals surface area contributed by atoms with E-state index in [0.29, 0.717) is 5.92 Å². The molecule has 1 unspecified atom stereocenters. The van der Waals surface area contributed by atoms with E-state index in [1.54, 1.807) is 18.6 Å². The summed E-state index contributed by atoms with van der Waals surface area (Å²) in [6.45, 7) is 5.78. The number of hydrogen-bond donors (Lipinski definition) is 2. The molecule has 1 fully saturated rings. The van der Waals surface area contributed by atoms with Gasteiger partial charge in [0.05, 0.1) is 11.4 Å². The smallest absolute Gasteiger partial charge is 0.135 e. The first kappa shape index (κ1) is 14.2. The van der Waals surface area contributed by atoms with Crippen LogP contribution < -0.4 is 5.32 Å². The molecule has 0 aromatic carbocycles. The van der Waals surface area contributed by atoms with Gasteiger partial charge in [-0.2, -0.15) is 0 Å². The van der Waals surface area contributed by atoms with E-state index in [0.717, 1.165) is 36.8 Å². The zero-order valence-corrected chi connectivity index (χ0v) is 12.4. The standard InChI is InChI=1S/C15H21N5O/c1-10-13(17-5-4-16-10)11(2)20-9-12-3-8-21-14(12)15-18-6-7-19-15/h4-7,11-12,14,20H,3,8-9H2,1-2H3,(H,18,19)/t11?,12-,14+/m0/s1. The van der Waals surface area contributed by atoms with Crippen LogP contribution >= 0.6 is 0 Å². The van der Waals surface area contributed by atoms with E-state index in [-0.39, 0.29) is 12.1 Å². The molecule has 0 spiro atoms. The molecule has 0 aliphatic carbocycles. The molecule has 1 aliphatic rings. The Morgan fingerprint density at radius 2 is 2.19 bits per heavy atom. The summed E-state index contributed by atoms with van der Waals surface area (Å²) < 4.78 is 5.81. The number of aromatic amines is 1. The number of imidazole rings is 1. The third-order valence-corrected chi connectivity index (χ3v) is 4.02. The van der Waals surface area contributed by atoms with E-state index in [4.69, 9.17) is 4.74 Å². The van der Waals surface area contributed by atoms with Gasteiger partial charge < -0.3 is 15.0 Å². The molecule has 1 aliphatic heterocycles. The Balaban J connectivity index is 1.61. The first-order chi connectivity index (χ1) is 10.3. The van der Waals surface area contributed by atoms with E-state index in [9.17, 15) is 0 Å². The summed E-state index contributed by atoms with van der Waals surface area (Å²) >= 11 is 0. The van der Waals surface area contributed by atoms with Crippen molar-refractivity contribution in [2.75, 3.05) is 13.2 Å². The first-order valence-corrected chi connectivity index (χ1v) is 7.37. The fourth-order valence-electron chi connectivity index (χ4n) is 2.85. The van der Waals surface area contributed by atoms with Crippen LogP contribution in [0.1, 0.15) is 42.7 Å². The number of aromatic nitrogens is 4. The molecule has 0 amide bonds. The minimum Gasteiger partial charge on any atom is -0.370 e. The van der Waals surface area contributed by atoms with Crippen molar-refractivity contribution in [3.63, 3.8) is 0 Å². The number of ether oxygens (including phenoxy) is 1. The number of H-pyrrole nitrogens is 1. The van der Waals surface area contributed by atoms with Crippen molar-refractivity contribution in [2.24, 2.45) is 5.92 Å². The molecule has 0 saturated carbocycles. The minimum absolute atomic E-state index is 0.0580. The van der Waals surface area contributed by atoms with Gasteiger partial charge in [0.25, 0.3) is 0 Å². The van der Waals surface area contributed by atoms with Gasteiger partial charge in [-0.05, 0) is 20.3 Å². The van der Waals surface area contributed by atoms with Gasteiger partial charge >= 0.3 is 0 Å². The highest BCUT2D eigenvalue weighted by atomic mass is 16.5. The molecule has 6 heteroatoms. The Bertz CT molecular complexity index is 571. The summed E-state index contributed by atoms with van der Waals surface area (Å²) in [7, 11) is 0. The van der Waals surface area contributed by atoms with Crippen LogP contribution in [0.4, 0.5) is 0 Å². The monoisotopic (exact) mass is 287 g/mol. The summed E-state index contributed by atoms with van der Waals surface area (Å²) in [5.41, 5.74) is 1.98. The SMILES string of the molecule is Cc1nccnc1C(C)NC[C@@H]1CCO[C@H]1c1ncc[nH]1. The number of rotatable bonds is 5. The van der Waals surface area contributed by atoms with E-state index in [1.165, 1.54) is 0 Å². The average Bonchev–Trinajstić information content (AvgIpc) is 3.16. The van der Waals surface area contributed by atoms with Crippen molar-refractivity contribution in [1.82, 2.24) is 25.3 Å². The third-order valence-electron chi connectivity index (χ3n) is 4.02. The van der Waals surface area contributed by atoms with Crippen LogP contribution in [0.15, 0.2) is 24.8 Å². The largest absolute Gasteiger partial charge is 0.370 e. The molecule has 112 valence electrons. The molecule has 2 aromatic heterocycles. The molecule has 3 rings (SSSR count). The average molecular weight is 287 g/mol. The zero-order chi connectivity index (χ0) is 14.7. The number of nitrogens with one attached hydrogen (secondary N) is 2. The molecule has 1 saturated heterocycles. The maximum Gasteiger partial charge on any atom is 0.135 e. The van der Waals surface area contributed by atoms with Gasteiger partial charge in [-0.15, -0.1) is 0 Å². The summed E-state index contributed by atoms with van der Waals surface area (Å²) in [5, 5.41) is 3.55. The molecule has 21 heavy (non-hydrogen) atoms. The summed E-state index contributed by atoms with van der Waals surface area (Å²) in [6, 6.07) is 0.177. The molecule has 6 nitrogen and oxygen atoms in total. The van der Waals surface area contributed by atoms with Crippen molar-refractivity contribution in [2.45, 2.75) is 32.4 Å². The summed E-state index contributed by atoms with van der Waals surface area (Å²) in [6.07, 6.45) is 8.18. The van der Waals surface area contributed by atoms with Crippen molar-refractivity contribution in [3.05, 3.63) is 42.0 Å². The highest BCUT2D eigenvalue weighted by Crippen LogP contribution is 2.32. The Morgan fingerprint density at radius 1 is 1.33 bits per heavy atom. The topological polar surface area (TPSA) is 75.7 Å². The molecule has 2 aromatic rings. The number of aryl methyl sites for hydroxylation is 1. The van der Waals surface area contributed by atoms with E-state index in [1.807, 2.05) is 13.1 Å². The van der Waals surface area contributed by atoms with Crippen LogP contribution in [0, 0.1) is 12.8 Å². The van der Waals surface area contributed by atoms with Crippen molar-refractivity contribution < 1.29 is 4.74 Å². The maximum atomic E-state index is 5.81. The van der Waals surface area contributed by atoms with Crippen LogP contribution in [-0.2, 0) is 4.74 Å². The highest BCUT2D eigenvalue weighted by molar-refractivity contribution is 5.12. The van der Waals surface area contributed by atoms with Gasteiger partial charge in [-0.25, -0.2) is 4.98 Å². The Labute approximate surface area is 124 Å². The predicted molar refractivity (Wildman–Crippen MR) is 78.6 cm³/mol. The lowest BCUT2D eigenvalue weighted by molar-refractivity contribution is 0.0834. The van der Waals surface area contributed by atoms with Crippen molar-refractivity contribution in [3.8, 4) is 0 Å². The highest BCUT2D eigenvalue weighted by Gasteiger charge is 2.31. The molecule has 3 heterocycles. The van der Waals surface area contributed by atoms with Gasteiger partial charge in [-0.3, -0.25) is 9.97 Å². The Kier molecular flexibility index (Phi) is 4.26. The van der Waals surface area contributed by atoms with E-state index in [2.05, 4.69) is 32.2 Å². The first-order valence-electron chi connectivity index (χ1n) is 7.37. The van der Waals surface area contributed by atoms with Crippen LogP contribution in [-0.4, -0.2) is 33.1 Å². The van der Waals surface area contributed by atoms with Crippen LogP contribution in [0.5, 0.6) is 0 Å². The second kappa shape index (κ2) is 6.32. The van der Waals surface area contributed by atoms with E-state index < -0.39 is 0 Å². The van der Waals surface area contributed by atoms with Crippen molar-refractivity contribution >= 4 is 0 Å². The Morgan fingerprint density at radius 3 is 2.95 bits per heavy atom. The lowest BCUT2D eigenvalue weighted by Gasteiger charge is -2.20. The van der Waals surface area contributed by atoms with Crippen molar-refractivity contribution in [1.29, 1.82) is 0 Å². The molecule has 0 bridgehead atoms. The summed E-state index contributed by atoms with van der Waals surface area (Å²) in [5.74, 6) is 1.35. The minimum atomic E-state index is 0.0580. The Hall–Kier alpha value is -1.79. The normalized spacial score (nSPS) is 23.3. The van der Waals surface area contributed by atoms with Gasteiger partial charge in [0.15, 0.2) is 0 Å². The maximum absolute atomic E-state index is 5.81. The zero-order valence-electron chi connectivity index (χ0n) is 12.4. The number of nitrogens with zero attached hydrogens (tertiary/aromatic N) is 3. The van der Waals surface area contributed by atoms with Crippen LogP contribution in [0.3, 0.4) is 0 Å². The van der Waals surface area contributed by atoms with Crippen LogP contribution in [0.2, 0.25) is 0 Å². The quantitative estimate of drug-likeness (QED) is 0.879. The van der Waals surface area contributed by atoms with Gasteiger partial charge in [0, 0.05) is 49.9 Å². The number of hydrogen-bond acceptors (Lipinski definition) is 5. The second-order valence-corrected chi connectivity index (χ2v) is 5.47. The fourth-order valence-corrected chi connectivity index (χ4v) is 2.85. The molecular weight excluding hydrogens is 266 g/mol.